The van der Waals surface area contributed by atoms with Gasteiger partial charge in [-0.05, 0) is 38.6 Å². The molecular formula is C10H17F3OSi. The quantitative estimate of drug-likeness (QED) is 0.658. The average Bonchev–Trinajstić information content (AvgIpc) is 2.00. The summed E-state index contributed by atoms with van der Waals surface area (Å²) >= 11 is 0. The Kier molecular flexibility index (Phi) is 3.53. The Morgan fingerprint density at radius 3 is 2.27 bits per heavy atom. The van der Waals surface area contributed by atoms with E-state index in [-0.39, 0.29) is 12.8 Å². The van der Waals surface area contributed by atoms with Crippen LogP contribution in [0, 0.1) is 5.92 Å². The lowest BCUT2D eigenvalue weighted by molar-refractivity contribution is -0.176. The summed E-state index contributed by atoms with van der Waals surface area (Å²) in [5, 5.41) is 0. The van der Waals surface area contributed by atoms with Crippen molar-refractivity contribution >= 4 is 8.32 Å². The van der Waals surface area contributed by atoms with E-state index < -0.39 is 20.4 Å². The van der Waals surface area contributed by atoms with Crippen molar-refractivity contribution in [3.63, 3.8) is 0 Å². The molecule has 0 spiro atoms. The zero-order valence-corrected chi connectivity index (χ0v) is 10.3. The van der Waals surface area contributed by atoms with Gasteiger partial charge >= 0.3 is 6.18 Å². The third-order valence-corrected chi connectivity index (χ3v) is 3.14. The van der Waals surface area contributed by atoms with Gasteiger partial charge in [0.05, 0.1) is 11.7 Å². The van der Waals surface area contributed by atoms with Crippen LogP contribution in [0.2, 0.25) is 19.6 Å². The SMILES string of the molecule is C[Si](C)(C)OC1=CCC(C(F)(F)F)CC1. The Balaban J connectivity index is 2.53. The molecule has 0 aliphatic heterocycles. The van der Waals surface area contributed by atoms with E-state index in [9.17, 15) is 13.2 Å². The lowest BCUT2D eigenvalue weighted by Gasteiger charge is -2.28. The smallest absolute Gasteiger partial charge is 0.392 e. The lowest BCUT2D eigenvalue weighted by atomic mass is 9.93. The minimum atomic E-state index is -4.05. The normalized spacial score (nSPS) is 23.6. The minimum Gasteiger partial charge on any atom is -0.548 e. The van der Waals surface area contributed by atoms with Crippen LogP contribution in [0.25, 0.3) is 0 Å². The van der Waals surface area contributed by atoms with Crippen LogP contribution in [-0.2, 0) is 4.43 Å². The molecule has 1 rings (SSSR count). The molecule has 88 valence electrons. The van der Waals surface area contributed by atoms with Crippen LogP contribution in [-0.4, -0.2) is 14.5 Å². The second kappa shape index (κ2) is 4.20. The highest BCUT2D eigenvalue weighted by atomic mass is 28.4. The number of hydrogen-bond donors (Lipinski definition) is 0. The van der Waals surface area contributed by atoms with Crippen molar-refractivity contribution in [1.82, 2.24) is 0 Å². The molecule has 0 heterocycles. The molecule has 0 N–H and O–H groups in total. The van der Waals surface area contributed by atoms with Crippen molar-refractivity contribution in [2.45, 2.75) is 45.1 Å². The summed E-state index contributed by atoms with van der Waals surface area (Å²) in [6.07, 6.45) is -1.78. The summed E-state index contributed by atoms with van der Waals surface area (Å²) in [6, 6.07) is 0. The molecule has 1 aliphatic rings. The Morgan fingerprint density at radius 1 is 1.33 bits per heavy atom. The molecule has 0 aromatic rings. The minimum absolute atomic E-state index is 0.0727. The van der Waals surface area contributed by atoms with Crippen molar-refractivity contribution in [2.24, 2.45) is 5.92 Å². The van der Waals surface area contributed by atoms with Gasteiger partial charge in [0, 0.05) is 6.42 Å². The molecular weight excluding hydrogens is 221 g/mol. The van der Waals surface area contributed by atoms with Crippen LogP contribution in [0.5, 0.6) is 0 Å². The summed E-state index contributed by atoms with van der Waals surface area (Å²) in [7, 11) is -1.66. The molecule has 0 radical (unpaired) electrons. The van der Waals surface area contributed by atoms with Gasteiger partial charge in [-0.15, -0.1) is 0 Å². The highest BCUT2D eigenvalue weighted by Crippen LogP contribution is 2.37. The molecule has 0 saturated carbocycles. The van der Waals surface area contributed by atoms with Gasteiger partial charge in [-0.1, -0.05) is 0 Å². The summed E-state index contributed by atoms with van der Waals surface area (Å²) in [5.41, 5.74) is 0. The van der Waals surface area contributed by atoms with Gasteiger partial charge in [0.15, 0.2) is 0 Å². The molecule has 0 amide bonds. The molecule has 0 saturated heterocycles. The average molecular weight is 238 g/mol. The van der Waals surface area contributed by atoms with Gasteiger partial charge in [-0.2, -0.15) is 13.2 Å². The van der Waals surface area contributed by atoms with Crippen LogP contribution < -0.4 is 0 Å². The van der Waals surface area contributed by atoms with E-state index in [1.54, 1.807) is 6.08 Å². The van der Waals surface area contributed by atoms with Gasteiger partial charge in [0.1, 0.15) is 0 Å². The molecule has 0 bridgehead atoms. The first-order valence-electron chi connectivity index (χ1n) is 5.13. The molecule has 1 aliphatic carbocycles. The van der Waals surface area contributed by atoms with E-state index in [1.807, 2.05) is 19.6 Å². The van der Waals surface area contributed by atoms with Crippen molar-refractivity contribution in [3.8, 4) is 0 Å². The highest BCUT2D eigenvalue weighted by molar-refractivity contribution is 6.70. The standard InChI is InChI=1S/C10H17F3OSi/c1-15(2,3)14-9-6-4-8(5-7-9)10(11,12)13/h6,8H,4-5,7H2,1-3H3. The molecule has 1 unspecified atom stereocenters. The summed E-state index contributed by atoms with van der Waals surface area (Å²) in [4.78, 5) is 0. The fourth-order valence-electron chi connectivity index (χ4n) is 1.59. The zero-order valence-electron chi connectivity index (χ0n) is 9.32. The topological polar surface area (TPSA) is 9.23 Å². The summed E-state index contributed by atoms with van der Waals surface area (Å²) in [5.74, 6) is -0.416. The maximum Gasteiger partial charge on any atom is 0.392 e. The Labute approximate surface area is 89.4 Å². The largest absolute Gasteiger partial charge is 0.548 e. The van der Waals surface area contributed by atoms with Gasteiger partial charge in [0.2, 0.25) is 8.32 Å². The maximum absolute atomic E-state index is 12.3. The number of rotatable bonds is 2. The molecule has 1 nitrogen and oxygen atoms in total. The third kappa shape index (κ3) is 4.28. The van der Waals surface area contributed by atoms with Crippen LogP contribution >= 0.6 is 0 Å². The Hall–Kier alpha value is -0.453. The maximum atomic E-state index is 12.3. The van der Waals surface area contributed by atoms with Crippen LogP contribution in [0.4, 0.5) is 13.2 Å². The Bertz CT molecular complexity index is 252. The molecule has 15 heavy (non-hydrogen) atoms. The molecule has 1 atom stereocenters. The van der Waals surface area contributed by atoms with Gasteiger partial charge in [0.25, 0.3) is 0 Å². The van der Waals surface area contributed by atoms with Gasteiger partial charge in [-0.25, -0.2) is 0 Å². The molecule has 0 aromatic heterocycles. The number of halogens is 3. The number of allylic oxidation sites excluding steroid dienone is 2. The first-order valence-corrected chi connectivity index (χ1v) is 8.54. The van der Waals surface area contributed by atoms with Gasteiger partial charge < -0.3 is 4.43 Å². The lowest BCUT2D eigenvalue weighted by Crippen LogP contribution is -2.28. The van der Waals surface area contributed by atoms with E-state index in [0.29, 0.717) is 6.42 Å². The zero-order chi connectivity index (χ0) is 11.7. The van der Waals surface area contributed by atoms with E-state index in [1.165, 1.54) is 0 Å². The monoisotopic (exact) mass is 238 g/mol. The fraction of sp³-hybridized carbons (Fsp3) is 0.800. The fourth-order valence-corrected chi connectivity index (χ4v) is 2.57. The van der Waals surface area contributed by atoms with E-state index in [0.717, 1.165) is 5.76 Å². The van der Waals surface area contributed by atoms with Crippen molar-refractivity contribution in [2.75, 3.05) is 0 Å². The second-order valence-corrected chi connectivity index (χ2v) is 9.33. The van der Waals surface area contributed by atoms with Crippen LogP contribution in [0.1, 0.15) is 19.3 Å². The molecule has 5 heteroatoms. The van der Waals surface area contributed by atoms with Crippen molar-refractivity contribution in [1.29, 1.82) is 0 Å². The first-order chi connectivity index (χ1) is 6.68. The predicted molar refractivity (Wildman–Crippen MR) is 55.9 cm³/mol. The summed E-state index contributed by atoms with van der Waals surface area (Å²) < 4.78 is 42.7. The summed E-state index contributed by atoms with van der Waals surface area (Å²) in [6.45, 7) is 6.09. The first kappa shape index (κ1) is 12.6. The van der Waals surface area contributed by atoms with Gasteiger partial charge in [-0.3, -0.25) is 0 Å². The molecule has 0 aromatic carbocycles. The molecule has 0 fully saturated rings. The van der Waals surface area contributed by atoms with Crippen molar-refractivity contribution in [3.05, 3.63) is 11.8 Å². The highest BCUT2D eigenvalue weighted by Gasteiger charge is 2.40. The Morgan fingerprint density at radius 2 is 1.93 bits per heavy atom. The number of hydrogen-bond acceptors (Lipinski definition) is 1. The second-order valence-electron chi connectivity index (χ2n) is 4.90. The predicted octanol–water partition coefficient (Wildman–Crippen LogP) is 4.08. The van der Waals surface area contributed by atoms with E-state index >= 15 is 0 Å². The van der Waals surface area contributed by atoms with E-state index in [2.05, 4.69) is 0 Å². The van der Waals surface area contributed by atoms with Crippen LogP contribution in [0.15, 0.2) is 11.8 Å². The number of alkyl halides is 3. The third-order valence-electron chi connectivity index (χ3n) is 2.27. The van der Waals surface area contributed by atoms with Crippen molar-refractivity contribution < 1.29 is 17.6 Å². The van der Waals surface area contributed by atoms with Crippen LogP contribution in [0.3, 0.4) is 0 Å². The van der Waals surface area contributed by atoms with E-state index in [4.69, 9.17) is 4.43 Å².